The van der Waals surface area contributed by atoms with Crippen molar-refractivity contribution in [2.75, 3.05) is 21.3 Å². The first-order valence-corrected chi connectivity index (χ1v) is 4.42. The van der Waals surface area contributed by atoms with Crippen molar-refractivity contribution in [2.45, 2.75) is 12.8 Å². The summed E-state index contributed by atoms with van der Waals surface area (Å²) in [4.78, 5) is 16.4. The van der Waals surface area contributed by atoms with E-state index in [1.807, 2.05) is 0 Å². The molecule has 1 atom stereocenters. The van der Waals surface area contributed by atoms with E-state index in [1.54, 1.807) is 13.0 Å². The Balaban J connectivity index is 2.75. The highest BCUT2D eigenvalue weighted by Crippen LogP contribution is 2.21. The molecule has 0 aliphatic carbocycles. The van der Waals surface area contributed by atoms with Gasteiger partial charge in [0, 0.05) is 13.1 Å². The summed E-state index contributed by atoms with van der Waals surface area (Å²) in [6.07, 6.45) is 0. The van der Waals surface area contributed by atoms with Gasteiger partial charge in [-0.3, -0.25) is 9.63 Å². The van der Waals surface area contributed by atoms with E-state index >= 15 is 0 Å². The van der Waals surface area contributed by atoms with Crippen LogP contribution >= 0.6 is 0 Å². The lowest BCUT2D eigenvalue weighted by Gasteiger charge is -2.16. The van der Waals surface area contributed by atoms with Crippen LogP contribution in [0.1, 0.15) is 18.6 Å². The van der Waals surface area contributed by atoms with Gasteiger partial charge in [0.25, 0.3) is 11.8 Å². The number of ether oxygens (including phenoxy) is 1. The molecule has 0 bridgehead atoms. The summed E-state index contributed by atoms with van der Waals surface area (Å²) in [6.45, 7) is 1.71. The van der Waals surface area contributed by atoms with Crippen molar-refractivity contribution in [3.8, 4) is 5.88 Å². The number of carbonyl (C=O) groups excluding carboxylic acids is 1. The third-order valence-electron chi connectivity index (χ3n) is 2.10. The number of hydroxylamine groups is 2. The lowest BCUT2D eigenvalue weighted by Crippen LogP contribution is -2.29. The largest absolute Gasteiger partial charge is 0.479 e. The van der Waals surface area contributed by atoms with Crippen LogP contribution in [0.5, 0.6) is 5.88 Å². The van der Waals surface area contributed by atoms with Crippen molar-refractivity contribution in [1.29, 1.82) is 0 Å². The van der Waals surface area contributed by atoms with Gasteiger partial charge in [0.05, 0.1) is 20.1 Å². The van der Waals surface area contributed by atoms with Crippen LogP contribution in [0.25, 0.3) is 0 Å². The Hall–Kier alpha value is -1.56. The molecular weight excluding hydrogens is 200 g/mol. The molecule has 1 unspecified atom stereocenters. The molecule has 1 rings (SSSR count). The van der Waals surface area contributed by atoms with Crippen LogP contribution in [0.15, 0.2) is 10.6 Å². The average Bonchev–Trinajstić information content (AvgIpc) is 2.74. The minimum absolute atomic E-state index is 0.212. The highest BCUT2D eigenvalue weighted by Gasteiger charge is 2.23. The quantitative estimate of drug-likeness (QED) is 0.694. The maximum Gasteiger partial charge on any atom is 0.256 e. The number of hydrogen-bond donors (Lipinski definition) is 0. The Morgan fingerprint density at radius 2 is 2.27 bits per heavy atom. The van der Waals surface area contributed by atoms with E-state index in [0.717, 1.165) is 5.06 Å². The van der Waals surface area contributed by atoms with Crippen molar-refractivity contribution in [3.05, 3.63) is 11.8 Å². The fourth-order valence-electron chi connectivity index (χ4n) is 1.06. The van der Waals surface area contributed by atoms with Crippen LogP contribution < -0.4 is 4.74 Å². The molecule has 0 aliphatic heterocycles. The van der Waals surface area contributed by atoms with Crippen molar-refractivity contribution >= 4 is 5.91 Å². The number of rotatable bonds is 4. The topological polar surface area (TPSA) is 64.8 Å². The molecule has 0 radical (unpaired) electrons. The minimum Gasteiger partial charge on any atom is -0.479 e. The zero-order valence-corrected chi connectivity index (χ0v) is 9.18. The molecule has 1 amide bonds. The molecular formula is C9H14N2O4. The van der Waals surface area contributed by atoms with Crippen molar-refractivity contribution in [2.24, 2.45) is 0 Å². The Morgan fingerprint density at radius 3 is 2.73 bits per heavy atom. The normalized spacial score (nSPS) is 12.3. The zero-order chi connectivity index (χ0) is 11.4. The molecule has 0 saturated carbocycles. The summed E-state index contributed by atoms with van der Waals surface area (Å²) in [5, 5.41) is 4.75. The highest BCUT2D eigenvalue weighted by molar-refractivity contribution is 5.81. The van der Waals surface area contributed by atoms with Gasteiger partial charge in [0.15, 0.2) is 5.76 Å². The molecule has 6 nitrogen and oxygen atoms in total. The number of amides is 1. The molecule has 0 fully saturated rings. The van der Waals surface area contributed by atoms with E-state index in [2.05, 4.69) is 5.16 Å². The summed E-state index contributed by atoms with van der Waals surface area (Å²) in [6, 6.07) is 1.58. The fraction of sp³-hybridized carbons (Fsp3) is 0.556. The maximum atomic E-state index is 11.6. The third kappa shape index (κ3) is 2.47. The second-order valence-electron chi connectivity index (χ2n) is 3.01. The number of likely N-dealkylation sites (N-methyl/N-ethyl adjacent to an activating group) is 1. The van der Waals surface area contributed by atoms with Crippen LogP contribution in [0.3, 0.4) is 0 Å². The van der Waals surface area contributed by atoms with Gasteiger partial charge in [-0.25, -0.2) is 5.06 Å². The summed E-state index contributed by atoms with van der Waals surface area (Å²) >= 11 is 0. The van der Waals surface area contributed by atoms with Gasteiger partial charge in [0.1, 0.15) is 0 Å². The number of aromatic nitrogens is 1. The summed E-state index contributed by atoms with van der Waals surface area (Å²) in [7, 11) is 4.44. The van der Waals surface area contributed by atoms with Gasteiger partial charge in [-0.1, -0.05) is 0 Å². The van der Waals surface area contributed by atoms with Crippen LogP contribution in [0.2, 0.25) is 0 Å². The molecule has 1 aromatic rings. The molecule has 0 N–H and O–H groups in total. The van der Waals surface area contributed by atoms with E-state index < -0.39 is 5.92 Å². The smallest absolute Gasteiger partial charge is 0.256 e. The van der Waals surface area contributed by atoms with Gasteiger partial charge in [-0.2, -0.15) is 0 Å². The van der Waals surface area contributed by atoms with E-state index in [4.69, 9.17) is 14.1 Å². The average molecular weight is 214 g/mol. The fourth-order valence-corrected chi connectivity index (χ4v) is 1.06. The van der Waals surface area contributed by atoms with Crippen LogP contribution in [-0.2, 0) is 9.63 Å². The second-order valence-corrected chi connectivity index (χ2v) is 3.01. The van der Waals surface area contributed by atoms with E-state index in [-0.39, 0.29) is 5.91 Å². The molecule has 0 aliphatic rings. The molecule has 0 spiro atoms. The van der Waals surface area contributed by atoms with Gasteiger partial charge in [-0.15, -0.1) is 0 Å². The van der Waals surface area contributed by atoms with Crippen LogP contribution in [0, 0.1) is 0 Å². The molecule has 0 aromatic carbocycles. The van der Waals surface area contributed by atoms with E-state index in [0.29, 0.717) is 11.6 Å². The lowest BCUT2D eigenvalue weighted by atomic mass is 10.1. The molecule has 6 heteroatoms. The van der Waals surface area contributed by atoms with Crippen molar-refractivity contribution in [3.63, 3.8) is 0 Å². The standard InChI is InChI=1S/C9H14N2O4/c1-6(9(12)11(2)14-4)7-5-8(13-3)10-15-7/h5-6H,1-4H3. The molecule has 15 heavy (non-hydrogen) atoms. The zero-order valence-electron chi connectivity index (χ0n) is 9.18. The number of hydrogen-bond acceptors (Lipinski definition) is 5. The predicted molar refractivity (Wildman–Crippen MR) is 51.2 cm³/mol. The maximum absolute atomic E-state index is 11.6. The molecule has 0 saturated heterocycles. The van der Waals surface area contributed by atoms with Crippen LogP contribution in [0.4, 0.5) is 0 Å². The van der Waals surface area contributed by atoms with E-state index in [9.17, 15) is 4.79 Å². The first-order valence-electron chi connectivity index (χ1n) is 4.42. The van der Waals surface area contributed by atoms with E-state index in [1.165, 1.54) is 21.3 Å². The van der Waals surface area contributed by atoms with Gasteiger partial charge < -0.3 is 9.26 Å². The summed E-state index contributed by atoms with van der Waals surface area (Å²) in [5.74, 6) is 0.133. The molecule has 84 valence electrons. The Bertz CT molecular complexity index is 337. The Labute approximate surface area is 87.7 Å². The highest BCUT2D eigenvalue weighted by atomic mass is 16.7. The number of methoxy groups -OCH3 is 1. The minimum atomic E-state index is -0.452. The van der Waals surface area contributed by atoms with Gasteiger partial charge in [-0.05, 0) is 12.1 Å². The summed E-state index contributed by atoms with van der Waals surface area (Å²) < 4.78 is 9.81. The van der Waals surface area contributed by atoms with Crippen molar-refractivity contribution in [1.82, 2.24) is 10.2 Å². The second kappa shape index (κ2) is 4.79. The Kier molecular flexibility index (Phi) is 3.68. The Morgan fingerprint density at radius 1 is 1.60 bits per heavy atom. The number of nitrogens with zero attached hydrogens (tertiary/aromatic N) is 2. The molecule has 1 heterocycles. The molecule has 1 aromatic heterocycles. The van der Waals surface area contributed by atoms with Gasteiger partial charge >= 0.3 is 0 Å². The van der Waals surface area contributed by atoms with Crippen LogP contribution in [-0.4, -0.2) is 37.4 Å². The predicted octanol–water partition coefficient (Wildman–Crippen LogP) is 0.806. The summed E-state index contributed by atoms with van der Waals surface area (Å²) in [5.41, 5.74) is 0. The lowest BCUT2D eigenvalue weighted by molar-refractivity contribution is -0.170. The monoisotopic (exact) mass is 214 g/mol. The third-order valence-corrected chi connectivity index (χ3v) is 2.10. The number of carbonyl (C=O) groups is 1. The first kappa shape index (κ1) is 11.5. The SMILES string of the molecule is COc1cc(C(C)C(=O)N(C)OC)on1. The van der Waals surface area contributed by atoms with Crippen molar-refractivity contribution < 1.29 is 18.9 Å². The van der Waals surface area contributed by atoms with Gasteiger partial charge in [0.2, 0.25) is 0 Å². The first-order chi connectivity index (χ1) is 7.10.